The van der Waals surface area contributed by atoms with Gasteiger partial charge in [-0.3, -0.25) is 28.9 Å². The molecule has 0 radical (unpaired) electrons. The van der Waals surface area contributed by atoms with Gasteiger partial charge in [-0.05, 0) is 92.5 Å². The summed E-state index contributed by atoms with van der Waals surface area (Å²) < 4.78 is 124. The molecule has 0 aromatic heterocycles. The fourth-order valence-electron chi connectivity index (χ4n) is 11.9. The summed E-state index contributed by atoms with van der Waals surface area (Å²) in [6, 6.07) is -2.88. The number of allylic oxidation sites excluding steroid dienone is 1. The second-order valence-electron chi connectivity index (χ2n) is 19.6. The molecule has 2 heterocycles. The molecule has 4 aliphatic carbocycles. The molecule has 326 valence electrons. The number of carbonyl (C=O) groups is 5. The van der Waals surface area contributed by atoms with E-state index in [0.717, 1.165) is 38.5 Å². The first-order valence-corrected chi connectivity index (χ1v) is 22.6. The van der Waals surface area contributed by atoms with Crippen molar-refractivity contribution < 1.29 is 48.8 Å². The molecule has 2 spiro atoms. The number of Topliss-reactive ketones (excluding diaryl/α,β-unsaturated/α-hetero) is 2. The van der Waals surface area contributed by atoms with Crippen LogP contribution in [-0.4, -0.2) is 103 Å². The number of nitrogens with zero attached hydrogens (tertiary/aromatic N) is 3. The second-order valence-corrected chi connectivity index (χ2v) is 21.2. The third-order valence-corrected chi connectivity index (χ3v) is 17.0. The minimum atomic E-state index is -5.99. The highest BCUT2D eigenvalue weighted by molar-refractivity contribution is 7.87. The number of fused-ring (bicyclic) bond motifs is 1. The summed E-state index contributed by atoms with van der Waals surface area (Å²) in [7, 11) is -5.99. The van der Waals surface area contributed by atoms with Crippen LogP contribution in [-0.2, 0) is 34.2 Å². The van der Waals surface area contributed by atoms with Crippen molar-refractivity contribution >= 4 is 39.5 Å². The van der Waals surface area contributed by atoms with Crippen LogP contribution in [0.15, 0.2) is 12.7 Å². The molecular weight excluding hydrogens is 755 g/mol. The SMILES string of the molecule is [2H]C([2H])(C)N1CCC[C@H]1C(=O)N[C@H](C(=O)C[C@H](C(=O)N1C[C@]2(C[C@H]1C(=O)C[C@]1(C(=O)NS(=O)(=O)N(C([2H])([2H])C([2H])([2H])[2H])C([2H])([2H])C([2H])([2H])[2H])C[C@H]1C=C)C(C)(C)C21CCC1)C(C)(C)C)C1CCCCC1. The molecule has 3 amide bonds. The Hall–Kier alpha value is -2.64. The first-order chi connectivity index (χ1) is 31.7. The quantitative estimate of drug-likeness (QED) is 0.174. The zero-order valence-electron chi connectivity index (χ0n) is 47.2. The number of rotatable bonds is 17. The monoisotopic (exact) mass is 840 g/mol. The van der Waals surface area contributed by atoms with Crippen molar-refractivity contribution in [3.8, 4) is 0 Å². The third-order valence-electron chi connectivity index (χ3n) is 15.8. The van der Waals surface area contributed by atoms with Crippen LogP contribution in [0.4, 0.5) is 0 Å². The Morgan fingerprint density at radius 1 is 0.966 bits per heavy atom. The van der Waals surface area contributed by atoms with Gasteiger partial charge in [0.2, 0.25) is 17.7 Å². The predicted octanol–water partition coefficient (Wildman–Crippen LogP) is 5.81. The van der Waals surface area contributed by atoms with E-state index in [-0.39, 0.29) is 48.3 Å². The van der Waals surface area contributed by atoms with E-state index >= 15 is 9.59 Å². The van der Waals surface area contributed by atoms with Crippen molar-refractivity contribution in [3.05, 3.63) is 12.7 Å². The first-order valence-electron chi connectivity index (χ1n) is 27.2. The first kappa shape index (κ1) is 31.2. The van der Waals surface area contributed by atoms with Gasteiger partial charge >= 0.3 is 10.2 Å². The van der Waals surface area contributed by atoms with E-state index in [1.807, 2.05) is 20.8 Å². The van der Waals surface area contributed by atoms with Crippen LogP contribution in [0.2, 0.25) is 0 Å². The number of hydrogen-bond donors (Lipinski definition) is 2. The summed E-state index contributed by atoms with van der Waals surface area (Å²) >= 11 is 0. The van der Waals surface area contributed by atoms with Gasteiger partial charge in [0.1, 0.15) is 0 Å². The average Bonchev–Trinajstić information content (AvgIpc) is 3.68. The highest BCUT2D eigenvalue weighted by Gasteiger charge is 2.85. The van der Waals surface area contributed by atoms with Crippen molar-refractivity contribution in [3.63, 3.8) is 0 Å². The number of likely N-dealkylation sites (N-methyl/N-ethyl adjacent to an activating group) is 1. The fourth-order valence-corrected chi connectivity index (χ4v) is 12.7. The maximum atomic E-state index is 15.5. The van der Waals surface area contributed by atoms with Crippen LogP contribution in [0.3, 0.4) is 0 Å². The molecule has 6 fully saturated rings. The summed E-state index contributed by atoms with van der Waals surface area (Å²) in [5.41, 5.74) is -3.82. The minimum Gasteiger partial charge on any atom is -0.345 e. The molecule has 2 aliphatic heterocycles. The summed E-state index contributed by atoms with van der Waals surface area (Å²) in [6.45, 7) is -2.73. The zero-order chi connectivity index (χ0) is 53.0. The van der Waals surface area contributed by atoms with Gasteiger partial charge in [-0.15, -0.1) is 6.58 Å². The molecule has 2 N–H and O–H groups in total. The van der Waals surface area contributed by atoms with Gasteiger partial charge in [-0.25, -0.2) is 4.72 Å². The van der Waals surface area contributed by atoms with Crippen LogP contribution in [0.1, 0.15) is 162 Å². The van der Waals surface area contributed by atoms with Crippen LogP contribution in [0, 0.1) is 44.8 Å². The lowest BCUT2D eigenvalue weighted by atomic mass is 9.73. The molecule has 7 atom stereocenters. The standard InChI is InChI=1S/C45H73N5O7S/c1-10-31-26-43(31,40(55)47-58(56,57)49(12-3)13-4)28-36(52)34-27-45(42(8,9)44(45)22-18-23-44)29-50(34)39(54)32(41(5,6)7)25-35(51)37(30-19-15-14-16-20-30)46-38(53)33-21-17-24-48(33)11-2/h10,30-34,37H,1,11-29H2,2-9H3,(H,46,53)(H,47,55)/t31-,32-,33+,34+,37+,43-,45-/m1/s1/i3D3,4D3,11D2,12D2,13D2. The van der Waals surface area contributed by atoms with Gasteiger partial charge in [-0.1, -0.05) is 87.0 Å². The lowest BCUT2D eigenvalue weighted by Crippen LogP contribution is -2.54. The Morgan fingerprint density at radius 2 is 1.64 bits per heavy atom. The van der Waals surface area contributed by atoms with Gasteiger partial charge < -0.3 is 10.2 Å². The fraction of sp³-hybridized carbons (Fsp3) is 0.844. The highest BCUT2D eigenvalue weighted by Crippen LogP contribution is 2.88. The topological polar surface area (TPSA) is 153 Å². The van der Waals surface area contributed by atoms with Gasteiger partial charge in [0.05, 0.1) is 23.5 Å². The Balaban J connectivity index is 1.32. The van der Waals surface area contributed by atoms with E-state index < -0.39 is 124 Å². The Labute approximate surface area is 365 Å². The van der Waals surface area contributed by atoms with E-state index in [4.69, 9.17) is 16.4 Å². The van der Waals surface area contributed by atoms with Crippen molar-refractivity contribution in [2.75, 3.05) is 32.6 Å². The largest absolute Gasteiger partial charge is 0.345 e. The van der Waals surface area contributed by atoms with Gasteiger partial charge in [0.25, 0.3) is 0 Å². The lowest BCUT2D eigenvalue weighted by Gasteiger charge is -2.37. The van der Waals surface area contributed by atoms with Crippen LogP contribution in [0.25, 0.3) is 0 Å². The predicted molar refractivity (Wildman–Crippen MR) is 224 cm³/mol. The Morgan fingerprint density at radius 3 is 2.17 bits per heavy atom. The van der Waals surface area contributed by atoms with Crippen LogP contribution < -0.4 is 10.0 Å². The zero-order valence-corrected chi connectivity index (χ0v) is 36.0. The molecular formula is C45H73N5O7S. The van der Waals surface area contributed by atoms with E-state index in [2.05, 4.69) is 25.7 Å². The summed E-state index contributed by atoms with van der Waals surface area (Å²) in [5, 5.41) is 3.02. The number of ketones is 2. The van der Waals surface area contributed by atoms with Gasteiger partial charge in [0, 0.05) is 60.2 Å². The maximum Gasteiger partial charge on any atom is 0.303 e. The molecule has 12 nitrogen and oxygen atoms in total. The Kier molecular flexibility index (Phi) is 8.80. The Bertz CT molecular complexity index is 2190. The summed E-state index contributed by atoms with van der Waals surface area (Å²) in [6.07, 6.45) is 8.10. The van der Waals surface area contributed by atoms with Gasteiger partial charge in [0.15, 0.2) is 11.6 Å². The van der Waals surface area contributed by atoms with Gasteiger partial charge in [-0.2, -0.15) is 12.7 Å². The normalized spacial score (nSPS) is 35.7. The molecule has 6 rings (SSSR count). The lowest BCUT2D eigenvalue weighted by molar-refractivity contribution is -0.147. The van der Waals surface area contributed by atoms with Crippen molar-refractivity contribution in [2.45, 2.75) is 163 Å². The number of carbonyl (C=O) groups excluding carboxylic acids is 5. The van der Waals surface area contributed by atoms with Crippen LogP contribution in [0.5, 0.6) is 0 Å². The smallest absolute Gasteiger partial charge is 0.303 e. The molecule has 0 bridgehead atoms. The molecule has 13 heteroatoms. The molecule has 0 aromatic carbocycles. The molecule has 6 aliphatic rings. The number of likely N-dealkylation sites (tertiary alicyclic amines) is 2. The average molecular weight is 840 g/mol. The molecule has 58 heavy (non-hydrogen) atoms. The molecule has 0 unspecified atom stereocenters. The van der Waals surface area contributed by atoms with Crippen LogP contribution >= 0.6 is 0 Å². The maximum absolute atomic E-state index is 15.5. The summed E-state index contributed by atoms with van der Waals surface area (Å²) in [4.78, 5) is 76.7. The van der Waals surface area contributed by atoms with Crippen molar-refractivity contribution in [1.29, 1.82) is 0 Å². The highest BCUT2D eigenvalue weighted by atomic mass is 32.2. The second kappa shape index (κ2) is 16.3. The number of nitrogens with one attached hydrogen (secondary N) is 2. The minimum absolute atomic E-state index is 0.164. The molecule has 0 aromatic rings. The van der Waals surface area contributed by atoms with E-state index in [9.17, 15) is 22.8 Å². The number of amides is 3. The van der Waals surface area contributed by atoms with E-state index in [0.29, 0.717) is 32.2 Å². The third kappa shape index (κ3) is 7.53. The van der Waals surface area contributed by atoms with Crippen molar-refractivity contribution in [2.24, 2.45) is 44.8 Å². The van der Waals surface area contributed by atoms with E-state index in [1.165, 1.54) is 27.5 Å². The van der Waals surface area contributed by atoms with Crippen molar-refractivity contribution in [1.82, 2.24) is 24.1 Å². The molecule has 2 saturated heterocycles. The molecule has 4 saturated carbocycles. The number of hydrogen-bond acceptors (Lipinski definition) is 8. The summed E-state index contributed by atoms with van der Waals surface area (Å²) in [5.74, 6) is -5.41. The van der Waals surface area contributed by atoms with E-state index in [1.54, 1.807) is 0 Å².